The molecule has 5 nitrogen and oxygen atoms in total. The normalized spacial score (nSPS) is 12.7. The molecule has 0 saturated heterocycles. The van der Waals surface area contributed by atoms with Gasteiger partial charge in [-0.05, 0) is 18.2 Å². The van der Waals surface area contributed by atoms with E-state index in [2.05, 4.69) is 4.72 Å². The summed E-state index contributed by atoms with van der Waals surface area (Å²) in [4.78, 5) is -0.0212. The van der Waals surface area contributed by atoms with Crippen LogP contribution in [0.4, 0.5) is 5.69 Å². The fourth-order valence-electron chi connectivity index (χ4n) is 1.16. The van der Waals surface area contributed by atoms with Gasteiger partial charge in [-0.15, -0.1) is 0 Å². The largest absolute Gasteiger partial charge is 0.399 e. The molecule has 0 saturated carbocycles. The summed E-state index contributed by atoms with van der Waals surface area (Å²) in [7, 11) is -3.70. The van der Waals surface area contributed by atoms with Gasteiger partial charge in [-0.25, -0.2) is 13.1 Å². The Morgan fingerprint density at radius 1 is 1.44 bits per heavy atom. The van der Waals surface area contributed by atoms with Crippen molar-refractivity contribution in [2.24, 2.45) is 5.41 Å². The first-order valence-electron chi connectivity index (χ1n) is 5.33. The number of sulfonamides is 1. The summed E-state index contributed by atoms with van der Waals surface area (Å²) in [5.41, 5.74) is 5.37. The SMILES string of the molecule is CC(C)(CO)CNS(=O)(=O)c1ccc(N)cc1Cl. The fourth-order valence-corrected chi connectivity index (χ4v) is 2.95. The van der Waals surface area contributed by atoms with Gasteiger partial charge in [0.15, 0.2) is 0 Å². The fraction of sp³-hybridized carbons (Fsp3) is 0.455. The third kappa shape index (κ3) is 3.84. The number of hydrogen-bond acceptors (Lipinski definition) is 4. The highest BCUT2D eigenvalue weighted by atomic mass is 35.5. The lowest BCUT2D eigenvalue weighted by atomic mass is 9.96. The van der Waals surface area contributed by atoms with Gasteiger partial charge in [0.05, 0.1) is 5.02 Å². The summed E-state index contributed by atoms with van der Waals surface area (Å²) < 4.78 is 26.4. The lowest BCUT2D eigenvalue weighted by Crippen LogP contribution is -2.36. The zero-order valence-electron chi connectivity index (χ0n) is 10.3. The van der Waals surface area contributed by atoms with Crippen molar-refractivity contribution < 1.29 is 13.5 Å². The molecule has 1 rings (SSSR count). The average Bonchev–Trinajstić information content (AvgIpc) is 2.26. The molecular weight excluding hydrogens is 276 g/mol. The molecule has 0 radical (unpaired) electrons. The zero-order chi connectivity index (χ0) is 14.0. The van der Waals surface area contributed by atoms with Crippen molar-refractivity contribution in [3.05, 3.63) is 23.2 Å². The lowest BCUT2D eigenvalue weighted by Gasteiger charge is -2.22. The Morgan fingerprint density at radius 3 is 2.56 bits per heavy atom. The Balaban J connectivity index is 2.94. The number of anilines is 1. The van der Waals surface area contributed by atoms with Crippen LogP contribution in [0.15, 0.2) is 23.1 Å². The van der Waals surface area contributed by atoms with Gasteiger partial charge in [0.1, 0.15) is 4.90 Å². The quantitative estimate of drug-likeness (QED) is 0.712. The van der Waals surface area contributed by atoms with E-state index < -0.39 is 15.4 Å². The van der Waals surface area contributed by atoms with Crippen molar-refractivity contribution in [2.75, 3.05) is 18.9 Å². The molecule has 0 aromatic heterocycles. The van der Waals surface area contributed by atoms with Crippen molar-refractivity contribution in [2.45, 2.75) is 18.7 Å². The minimum absolute atomic E-state index is 0.0212. The van der Waals surface area contributed by atoms with Gasteiger partial charge in [0.25, 0.3) is 0 Å². The van der Waals surface area contributed by atoms with E-state index in [9.17, 15) is 8.42 Å². The second-order valence-corrected chi connectivity index (χ2v) is 6.98. The minimum Gasteiger partial charge on any atom is -0.399 e. The van der Waals surface area contributed by atoms with Crippen molar-refractivity contribution in [3.63, 3.8) is 0 Å². The van der Waals surface area contributed by atoms with Crippen molar-refractivity contribution in [1.29, 1.82) is 0 Å². The van der Waals surface area contributed by atoms with E-state index in [4.69, 9.17) is 22.4 Å². The molecular formula is C11H17ClN2O3S. The number of benzene rings is 1. The van der Waals surface area contributed by atoms with Crippen LogP contribution in [-0.2, 0) is 10.0 Å². The molecule has 0 spiro atoms. The van der Waals surface area contributed by atoms with Crippen LogP contribution in [0, 0.1) is 5.41 Å². The van der Waals surface area contributed by atoms with Crippen LogP contribution in [0.1, 0.15) is 13.8 Å². The van der Waals surface area contributed by atoms with Gasteiger partial charge in [0, 0.05) is 24.3 Å². The predicted molar refractivity (Wildman–Crippen MR) is 71.9 cm³/mol. The molecule has 102 valence electrons. The maximum atomic E-state index is 12.0. The van der Waals surface area contributed by atoms with Crippen LogP contribution in [0.25, 0.3) is 0 Å². The molecule has 0 bridgehead atoms. The summed E-state index contributed by atoms with van der Waals surface area (Å²) in [6.45, 7) is 3.50. The Hall–Kier alpha value is -0.820. The summed E-state index contributed by atoms with van der Waals surface area (Å²) in [5.74, 6) is 0. The molecule has 0 heterocycles. The number of nitrogens with one attached hydrogen (secondary N) is 1. The third-order valence-corrected chi connectivity index (χ3v) is 4.30. The van der Waals surface area contributed by atoms with Crippen molar-refractivity contribution >= 4 is 27.3 Å². The maximum absolute atomic E-state index is 12.0. The van der Waals surface area contributed by atoms with Crippen molar-refractivity contribution in [1.82, 2.24) is 4.72 Å². The van der Waals surface area contributed by atoms with E-state index in [1.807, 2.05) is 0 Å². The first kappa shape index (κ1) is 15.2. The Labute approximate surface area is 112 Å². The smallest absolute Gasteiger partial charge is 0.242 e. The minimum atomic E-state index is -3.70. The van der Waals surface area contributed by atoms with E-state index in [1.165, 1.54) is 18.2 Å². The molecule has 0 amide bonds. The highest BCUT2D eigenvalue weighted by Gasteiger charge is 2.23. The molecule has 0 fully saturated rings. The molecule has 0 aliphatic heterocycles. The number of aliphatic hydroxyl groups excluding tert-OH is 1. The monoisotopic (exact) mass is 292 g/mol. The van der Waals surface area contributed by atoms with E-state index in [1.54, 1.807) is 13.8 Å². The maximum Gasteiger partial charge on any atom is 0.242 e. The van der Waals surface area contributed by atoms with Gasteiger partial charge >= 0.3 is 0 Å². The van der Waals surface area contributed by atoms with E-state index >= 15 is 0 Å². The first-order chi connectivity index (χ1) is 8.18. The molecule has 1 aromatic rings. The molecule has 0 unspecified atom stereocenters. The Kier molecular flexibility index (Phi) is 4.61. The number of rotatable bonds is 5. The second-order valence-electron chi connectivity index (χ2n) is 4.84. The summed E-state index contributed by atoms with van der Waals surface area (Å²) in [6, 6.07) is 4.21. The molecule has 0 aliphatic rings. The molecule has 0 atom stereocenters. The highest BCUT2D eigenvalue weighted by Crippen LogP contribution is 2.24. The van der Waals surface area contributed by atoms with Gasteiger partial charge in [-0.1, -0.05) is 25.4 Å². The van der Waals surface area contributed by atoms with Gasteiger partial charge in [0.2, 0.25) is 10.0 Å². The number of aliphatic hydroxyl groups is 1. The molecule has 18 heavy (non-hydrogen) atoms. The lowest BCUT2D eigenvalue weighted by molar-refractivity contribution is 0.163. The molecule has 1 aromatic carbocycles. The van der Waals surface area contributed by atoms with Crippen LogP contribution < -0.4 is 10.5 Å². The highest BCUT2D eigenvalue weighted by molar-refractivity contribution is 7.89. The average molecular weight is 293 g/mol. The number of halogens is 1. The van der Waals surface area contributed by atoms with E-state index in [0.29, 0.717) is 5.69 Å². The zero-order valence-corrected chi connectivity index (χ0v) is 11.8. The van der Waals surface area contributed by atoms with Crippen LogP contribution >= 0.6 is 11.6 Å². The third-order valence-electron chi connectivity index (χ3n) is 2.41. The van der Waals surface area contributed by atoms with Crippen molar-refractivity contribution in [3.8, 4) is 0 Å². The first-order valence-corrected chi connectivity index (χ1v) is 7.20. The molecule has 4 N–H and O–H groups in total. The Morgan fingerprint density at radius 2 is 2.06 bits per heavy atom. The van der Waals surface area contributed by atoms with Crippen LogP contribution in [-0.4, -0.2) is 26.7 Å². The molecule has 0 aliphatic carbocycles. The van der Waals surface area contributed by atoms with E-state index in [0.717, 1.165) is 0 Å². The summed E-state index contributed by atoms with van der Waals surface area (Å²) in [6.07, 6.45) is 0. The predicted octanol–water partition coefficient (Wildman–Crippen LogP) is 1.22. The summed E-state index contributed by atoms with van der Waals surface area (Å²) in [5, 5.41) is 9.15. The van der Waals surface area contributed by atoms with Crippen LogP contribution in [0.2, 0.25) is 5.02 Å². The van der Waals surface area contributed by atoms with Gasteiger partial charge < -0.3 is 10.8 Å². The molecule has 7 heteroatoms. The van der Waals surface area contributed by atoms with Crippen LogP contribution in [0.3, 0.4) is 0 Å². The standard InChI is InChI=1S/C11H17ClN2O3S/c1-11(2,7-15)6-14-18(16,17)10-4-3-8(13)5-9(10)12/h3-5,14-15H,6-7,13H2,1-2H3. The van der Waals surface area contributed by atoms with E-state index in [-0.39, 0.29) is 23.1 Å². The number of nitrogen functional groups attached to an aromatic ring is 1. The van der Waals surface area contributed by atoms with Gasteiger partial charge in [-0.3, -0.25) is 0 Å². The summed E-state index contributed by atoms with van der Waals surface area (Å²) >= 11 is 5.85. The van der Waals surface area contributed by atoms with Gasteiger partial charge in [-0.2, -0.15) is 0 Å². The number of hydrogen-bond donors (Lipinski definition) is 3. The Bertz CT molecular complexity index is 529. The number of nitrogens with two attached hydrogens (primary N) is 1. The topological polar surface area (TPSA) is 92.4 Å². The van der Waals surface area contributed by atoms with Crippen LogP contribution in [0.5, 0.6) is 0 Å². The second kappa shape index (κ2) is 5.44.